The van der Waals surface area contributed by atoms with Crippen LogP contribution in [0.1, 0.15) is 6.92 Å². The molecule has 1 fully saturated rings. The molecule has 2 radical (unpaired) electrons. The summed E-state index contributed by atoms with van der Waals surface area (Å²) in [6.45, 7) is 2.10. The normalized spacial score (nSPS) is 42.6. The smallest absolute Gasteiger partial charge is 0.130 e. The van der Waals surface area contributed by atoms with Crippen molar-refractivity contribution in [2.45, 2.75) is 25.1 Å². The van der Waals surface area contributed by atoms with E-state index in [9.17, 15) is 4.79 Å². The van der Waals surface area contributed by atoms with E-state index in [1.54, 1.807) is 14.0 Å². The first kappa shape index (κ1) is 11.7. The van der Waals surface area contributed by atoms with Crippen LogP contribution >= 0.6 is 0 Å². The van der Waals surface area contributed by atoms with Gasteiger partial charge in [-0.2, -0.15) is 0 Å². The molecule has 5 heteroatoms. The van der Waals surface area contributed by atoms with Crippen LogP contribution in [0.15, 0.2) is 0 Å². The van der Waals surface area contributed by atoms with Crippen LogP contribution in [0.2, 0.25) is 0 Å². The summed E-state index contributed by atoms with van der Waals surface area (Å²) >= 11 is 0. The molecule has 0 aromatic carbocycles. The van der Waals surface area contributed by atoms with Gasteiger partial charge in [0.25, 0.3) is 0 Å². The Morgan fingerprint density at radius 1 is 1.57 bits per heavy atom. The van der Waals surface area contributed by atoms with Crippen molar-refractivity contribution in [2.24, 2.45) is 5.41 Å². The average Bonchev–Trinajstić information content (AvgIpc) is 2.40. The first-order valence-electron chi connectivity index (χ1n) is 4.49. The zero-order valence-electron chi connectivity index (χ0n) is 8.73. The summed E-state index contributed by atoms with van der Waals surface area (Å²) < 4.78 is 15.6. The number of carbonyl (C=O) groups excluding carboxylic acids is 1. The Balaban J connectivity index is 2.82. The highest BCUT2D eigenvalue weighted by molar-refractivity contribution is 6.13. The summed E-state index contributed by atoms with van der Waals surface area (Å²) in [7, 11) is 8.83. The van der Waals surface area contributed by atoms with Gasteiger partial charge in [0, 0.05) is 20.2 Å². The van der Waals surface area contributed by atoms with Crippen LogP contribution < -0.4 is 0 Å². The molecule has 0 saturated carbocycles. The Morgan fingerprint density at radius 2 is 2.21 bits per heavy atom. The van der Waals surface area contributed by atoms with Crippen LogP contribution in [-0.2, 0) is 19.0 Å². The van der Waals surface area contributed by atoms with Crippen LogP contribution in [0.3, 0.4) is 0 Å². The molecule has 0 amide bonds. The second-order valence-electron chi connectivity index (χ2n) is 3.69. The third-order valence-electron chi connectivity index (χ3n) is 2.72. The van der Waals surface area contributed by atoms with Crippen molar-refractivity contribution >= 4 is 14.1 Å². The highest BCUT2D eigenvalue weighted by atomic mass is 16.6. The fraction of sp³-hybridized carbons (Fsp3) is 0.889. The van der Waals surface area contributed by atoms with Crippen LogP contribution in [0.25, 0.3) is 0 Å². The van der Waals surface area contributed by atoms with Crippen molar-refractivity contribution < 1.29 is 19.0 Å². The van der Waals surface area contributed by atoms with Gasteiger partial charge in [0.15, 0.2) is 0 Å². The molecule has 4 nitrogen and oxygen atoms in total. The number of ether oxygens (including phenoxy) is 3. The highest BCUT2D eigenvalue weighted by Gasteiger charge is 2.51. The number of rotatable bonds is 4. The van der Waals surface area contributed by atoms with Gasteiger partial charge in [-0.1, -0.05) is 0 Å². The van der Waals surface area contributed by atoms with Crippen molar-refractivity contribution in [3.05, 3.63) is 0 Å². The maximum absolute atomic E-state index is 11.0. The van der Waals surface area contributed by atoms with Gasteiger partial charge in [-0.05, 0) is 6.92 Å². The highest BCUT2D eigenvalue weighted by Crippen LogP contribution is 2.37. The van der Waals surface area contributed by atoms with E-state index in [1.165, 1.54) is 7.11 Å². The lowest BCUT2D eigenvalue weighted by Crippen LogP contribution is -2.42. The number of hydrogen-bond donors (Lipinski definition) is 0. The predicted molar refractivity (Wildman–Crippen MR) is 51.3 cm³/mol. The first-order valence-corrected chi connectivity index (χ1v) is 4.49. The van der Waals surface area contributed by atoms with E-state index >= 15 is 0 Å². The van der Waals surface area contributed by atoms with Crippen LogP contribution in [-0.4, -0.2) is 53.2 Å². The lowest BCUT2D eigenvalue weighted by atomic mass is 9.72. The molecule has 4 atom stereocenters. The molecule has 0 spiro atoms. The molecule has 1 heterocycles. The van der Waals surface area contributed by atoms with Crippen LogP contribution in [0.5, 0.6) is 0 Å². The SMILES string of the molecule is [B][C@@H]1O[C@H](COC)[C@@H](OC)[C@@]1(C)C=O. The molecule has 1 rings (SSSR count). The Kier molecular flexibility index (Phi) is 3.69. The predicted octanol–water partition coefficient (Wildman–Crippen LogP) is -0.254. The third-order valence-corrected chi connectivity index (χ3v) is 2.72. The summed E-state index contributed by atoms with van der Waals surface area (Å²) in [5.74, 6) is 0. The maximum atomic E-state index is 11.0. The Hall–Kier alpha value is -0.385. The number of hydrogen-bond acceptors (Lipinski definition) is 4. The number of carbonyl (C=O) groups is 1. The molecule has 14 heavy (non-hydrogen) atoms. The standard InChI is InChI=1S/C9H15BO4/c1-9(5-11)7(13-3)6(4-12-2)14-8(9)10/h5-8H,4H2,1-3H3/t6-,7-,8-,9-/m1/s1. The van der Waals surface area contributed by atoms with E-state index in [2.05, 4.69) is 0 Å². The van der Waals surface area contributed by atoms with E-state index in [1.807, 2.05) is 0 Å². The Bertz CT molecular complexity index is 211. The zero-order chi connectivity index (χ0) is 10.8. The monoisotopic (exact) mass is 198 g/mol. The van der Waals surface area contributed by atoms with Crippen molar-refractivity contribution in [3.63, 3.8) is 0 Å². The molecular weight excluding hydrogens is 183 g/mol. The largest absolute Gasteiger partial charge is 0.382 e. The molecular formula is C9H15BO4. The summed E-state index contributed by atoms with van der Waals surface area (Å²) in [6, 6.07) is -0.634. The fourth-order valence-electron chi connectivity index (χ4n) is 1.80. The van der Waals surface area contributed by atoms with E-state index in [0.717, 1.165) is 6.29 Å². The quantitative estimate of drug-likeness (QED) is 0.461. The van der Waals surface area contributed by atoms with Crippen molar-refractivity contribution in [1.29, 1.82) is 0 Å². The third kappa shape index (κ3) is 1.72. The summed E-state index contributed by atoms with van der Waals surface area (Å²) in [4.78, 5) is 11.0. The second kappa shape index (κ2) is 4.42. The molecule has 0 aromatic rings. The average molecular weight is 198 g/mol. The van der Waals surface area contributed by atoms with E-state index in [4.69, 9.17) is 22.1 Å². The minimum Gasteiger partial charge on any atom is -0.382 e. The van der Waals surface area contributed by atoms with Crippen molar-refractivity contribution in [1.82, 2.24) is 0 Å². The van der Waals surface area contributed by atoms with Gasteiger partial charge in [0.1, 0.15) is 20.2 Å². The summed E-state index contributed by atoms with van der Waals surface area (Å²) in [6.07, 6.45) is 0.159. The van der Waals surface area contributed by atoms with E-state index in [0.29, 0.717) is 6.61 Å². The van der Waals surface area contributed by atoms with Gasteiger partial charge in [0.05, 0.1) is 18.1 Å². The molecule has 0 N–H and O–H groups in total. The zero-order valence-corrected chi connectivity index (χ0v) is 8.73. The molecule has 0 unspecified atom stereocenters. The Morgan fingerprint density at radius 3 is 2.64 bits per heavy atom. The molecule has 0 bridgehead atoms. The van der Waals surface area contributed by atoms with Crippen LogP contribution in [0, 0.1) is 5.41 Å². The molecule has 0 aromatic heterocycles. The minimum atomic E-state index is -0.794. The first-order chi connectivity index (χ1) is 6.60. The molecule has 0 aliphatic carbocycles. The fourth-order valence-corrected chi connectivity index (χ4v) is 1.80. The lowest BCUT2D eigenvalue weighted by molar-refractivity contribution is -0.121. The van der Waals surface area contributed by atoms with Crippen LogP contribution in [0.4, 0.5) is 0 Å². The number of methoxy groups -OCH3 is 2. The number of aldehydes is 1. The topological polar surface area (TPSA) is 44.8 Å². The Labute approximate surface area is 85.3 Å². The van der Waals surface area contributed by atoms with E-state index < -0.39 is 11.4 Å². The molecule has 78 valence electrons. The van der Waals surface area contributed by atoms with Gasteiger partial charge in [0.2, 0.25) is 0 Å². The molecule has 1 saturated heterocycles. The van der Waals surface area contributed by atoms with Gasteiger partial charge < -0.3 is 19.0 Å². The maximum Gasteiger partial charge on any atom is 0.130 e. The van der Waals surface area contributed by atoms with Gasteiger partial charge in [-0.15, -0.1) is 0 Å². The van der Waals surface area contributed by atoms with Crippen molar-refractivity contribution in [2.75, 3.05) is 20.8 Å². The minimum absolute atomic E-state index is 0.282. The van der Waals surface area contributed by atoms with Gasteiger partial charge >= 0.3 is 0 Å². The van der Waals surface area contributed by atoms with Gasteiger partial charge in [-0.25, -0.2) is 0 Å². The van der Waals surface area contributed by atoms with Crippen molar-refractivity contribution in [3.8, 4) is 0 Å². The summed E-state index contributed by atoms with van der Waals surface area (Å²) in [5, 5.41) is 0. The summed E-state index contributed by atoms with van der Waals surface area (Å²) in [5.41, 5.74) is -0.794. The lowest BCUT2D eigenvalue weighted by Gasteiger charge is -2.27. The molecule has 1 aliphatic rings. The second-order valence-corrected chi connectivity index (χ2v) is 3.69. The molecule has 1 aliphatic heterocycles. The van der Waals surface area contributed by atoms with E-state index in [-0.39, 0.29) is 12.2 Å². The van der Waals surface area contributed by atoms with Gasteiger partial charge in [-0.3, -0.25) is 0 Å².